The van der Waals surface area contributed by atoms with Crippen molar-refractivity contribution in [3.8, 4) is 0 Å². The van der Waals surface area contributed by atoms with Crippen LogP contribution in [0.25, 0.3) is 0 Å². The highest BCUT2D eigenvalue weighted by atomic mass is 16.3. The minimum absolute atomic E-state index is 0.0838. The molecular weight excluding hydrogens is 446 g/mol. The van der Waals surface area contributed by atoms with Gasteiger partial charge in [-0.3, -0.25) is 4.79 Å². The number of unbranched alkanes of at least 4 members (excludes halogenated alkanes) is 15. The van der Waals surface area contributed by atoms with Crippen LogP contribution in [0.2, 0.25) is 0 Å². The summed E-state index contributed by atoms with van der Waals surface area (Å²) in [5.41, 5.74) is 0. The Morgan fingerprint density at radius 1 is 0.667 bits per heavy atom. The van der Waals surface area contributed by atoms with Gasteiger partial charge in [0.25, 0.3) is 0 Å². The number of rotatable bonds is 26. The van der Waals surface area contributed by atoms with Crippen molar-refractivity contribution in [2.24, 2.45) is 0 Å². The first-order valence-corrected chi connectivity index (χ1v) is 15.2. The predicted octanol–water partition coefficient (Wildman–Crippen LogP) is 8.33. The molecule has 0 aromatic rings. The average Bonchev–Trinajstić information content (AvgIpc) is 2.88. The van der Waals surface area contributed by atoms with Crippen molar-refractivity contribution in [2.75, 3.05) is 6.61 Å². The molecule has 210 valence electrons. The smallest absolute Gasteiger partial charge is 0.220 e. The molecule has 0 saturated heterocycles. The molecular formula is C32H59NO3. The van der Waals surface area contributed by atoms with Crippen LogP contribution in [0.1, 0.15) is 142 Å². The standard InChI is InChI=1S/C32H59NO3/c1-3-5-7-9-11-13-15-16-18-20-22-24-26-28-32(36)33-30(29-34)31(35)27-25-23-21-19-17-14-12-10-8-6-4-2/h7,9,13,15,25,27,30-31,34-35H,3-6,8,10-12,14,16-24,26,28-29H2,1-2H3,(H,33,36)/b9-7-,15-13-,27-25+. The van der Waals surface area contributed by atoms with Crippen LogP contribution in [0.5, 0.6) is 0 Å². The van der Waals surface area contributed by atoms with Gasteiger partial charge in [-0.15, -0.1) is 0 Å². The van der Waals surface area contributed by atoms with Crippen LogP contribution < -0.4 is 5.32 Å². The second kappa shape index (κ2) is 28.2. The molecule has 0 aliphatic heterocycles. The SMILES string of the molecule is CCC/C=C\C/C=C\CCCCCCCC(=O)NC(CO)C(O)/C=C/CCCCCCCCCCC. The number of allylic oxidation sites excluding steroid dienone is 5. The average molecular weight is 506 g/mol. The number of aliphatic hydroxyl groups excluding tert-OH is 2. The lowest BCUT2D eigenvalue weighted by molar-refractivity contribution is -0.123. The minimum atomic E-state index is -0.840. The van der Waals surface area contributed by atoms with Crippen molar-refractivity contribution in [2.45, 2.75) is 154 Å². The van der Waals surface area contributed by atoms with Crippen molar-refractivity contribution < 1.29 is 15.0 Å². The molecule has 0 fully saturated rings. The van der Waals surface area contributed by atoms with Gasteiger partial charge >= 0.3 is 0 Å². The molecule has 0 aliphatic carbocycles. The van der Waals surface area contributed by atoms with E-state index in [1.807, 2.05) is 6.08 Å². The Morgan fingerprint density at radius 2 is 1.19 bits per heavy atom. The van der Waals surface area contributed by atoms with E-state index in [-0.39, 0.29) is 12.5 Å². The molecule has 0 radical (unpaired) electrons. The van der Waals surface area contributed by atoms with Crippen LogP contribution in [-0.4, -0.2) is 34.9 Å². The molecule has 0 aromatic carbocycles. The Balaban J connectivity index is 3.73. The molecule has 1 amide bonds. The topological polar surface area (TPSA) is 69.6 Å². The van der Waals surface area contributed by atoms with E-state index in [2.05, 4.69) is 43.5 Å². The molecule has 0 aliphatic rings. The summed E-state index contributed by atoms with van der Waals surface area (Å²) in [5.74, 6) is -0.0838. The van der Waals surface area contributed by atoms with Crippen LogP contribution in [0.4, 0.5) is 0 Å². The second-order valence-electron chi connectivity index (χ2n) is 10.2. The van der Waals surface area contributed by atoms with E-state index in [0.717, 1.165) is 44.9 Å². The van der Waals surface area contributed by atoms with E-state index in [4.69, 9.17) is 0 Å². The number of hydrogen-bond donors (Lipinski definition) is 3. The number of nitrogens with one attached hydrogen (secondary N) is 1. The summed E-state index contributed by atoms with van der Waals surface area (Å²) in [7, 11) is 0. The van der Waals surface area contributed by atoms with Crippen molar-refractivity contribution in [3.05, 3.63) is 36.5 Å². The number of hydrogen-bond acceptors (Lipinski definition) is 3. The number of carbonyl (C=O) groups is 1. The van der Waals surface area contributed by atoms with Crippen LogP contribution in [0.15, 0.2) is 36.5 Å². The van der Waals surface area contributed by atoms with Crippen molar-refractivity contribution in [3.63, 3.8) is 0 Å². The Kier molecular flexibility index (Phi) is 27.1. The maximum absolute atomic E-state index is 12.2. The van der Waals surface area contributed by atoms with Gasteiger partial charge in [0.15, 0.2) is 0 Å². The maximum Gasteiger partial charge on any atom is 0.220 e. The summed E-state index contributed by atoms with van der Waals surface area (Å²) in [6, 6.07) is -0.625. The lowest BCUT2D eigenvalue weighted by Crippen LogP contribution is -2.45. The van der Waals surface area contributed by atoms with E-state index in [9.17, 15) is 15.0 Å². The highest BCUT2D eigenvalue weighted by molar-refractivity contribution is 5.76. The normalized spacial score (nSPS) is 13.8. The molecule has 4 nitrogen and oxygen atoms in total. The molecule has 0 heterocycles. The first kappa shape index (κ1) is 34.6. The lowest BCUT2D eigenvalue weighted by Gasteiger charge is -2.20. The van der Waals surface area contributed by atoms with Gasteiger partial charge in [0.05, 0.1) is 18.8 Å². The highest BCUT2D eigenvalue weighted by Gasteiger charge is 2.17. The molecule has 0 saturated carbocycles. The largest absolute Gasteiger partial charge is 0.394 e. The van der Waals surface area contributed by atoms with Gasteiger partial charge in [-0.1, -0.05) is 127 Å². The Labute approximate surface area is 223 Å². The Hall–Kier alpha value is -1.39. The summed E-state index contributed by atoms with van der Waals surface area (Å²) >= 11 is 0. The molecule has 0 aromatic heterocycles. The Bertz CT molecular complexity index is 556. The van der Waals surface area contributed by atoms with Crippen LogP contribution in [-0.2, 0) is 4.79 Å². The zero-order valence-corrected chi connectivity index (χ0v) is 23.8. The molecule has 2 unspecified atom stereocenters. The third kappa shape index (κ3) is 24.3. The quantitative estimate of drug-likeness (QED) is 0.0817. The molecule has 36 heavy (non-hydrogen) atoms. The number of carbonyl (C=O) groups excluding carboxylic acids is 1. The number of amides is 1. The zero-order valence-electron chi connectivity index (χ0n) is 23.8. The third-order valence-electron chi connectivity index (χ3n) is 6.60. The van der Waals surface area contributed by atoms with Gasteiger partial charge in [0, 0.05) is 6.42 Å². The molecule has 3 N–H and O–H groups in total. The summed E-state index contributed by atoms with van der Waals surface area (Å²) in [5, 5.41) is 22.7. The van der Waals surface area contributed by atoms with Crippen LogP contribution in [0.3, 0.4) is 0 Å². The summed E-state index contributed by atoms with van der Waals surface area (Å²) in [4.78, 5) is 12.2. The van der Waals surface area contributed by atoms with Gasteiger partial charge in [0.1, 0.15) is 0 Å². The zero-order chi connectivity index (χ0) is 26.5. The van der Waals surface area contributed by atoms with Crippen LogP contribution >= 0.6 is 0 Å². The lowest BCUT2D eigenvalue weighted by atomic mass is 10.1. The molecule has 0 rings (SSSR count). The summed E-state index contributed by atoms with van der Waals surface area (Å²) in [6.45, 7) is 4.19. The highest BCUT2D eigenvalue weighted by Crippen LogP contribution is 2.11. The summed E-state index contributed by atoms with van der Waals surface area (Å²) < 4.78 is 0. The van der Waals surface area contributed by atoms with Gasteiger partial charge in [0.2, 0.25) is 5.91 Å². The minimum Gasteiger partial charge on any atom is -0.394 e. The first-order valence-electron chi connectivity index (χ1n) is 15.2. The van der Waals surface area contributed by atoms with E-state index in [1.165, 1.54) is 77.0 Å². The first-order chi connectivity index (χ1) is 17.7. The molecule has 4 heteroatoms. The molecule has 2 atom stereocenters. The van der Waals surface area contributed by atoms with E-state index in [0.29, 0.717) is 6.42 Å². The van der Waals surface area contributed by atoms with Gasteiger partial charge in [-0.2, -0.15) is 0 Å². The van der Waals surface area contributed by atoms with Crippen molar-refractivity contribution in [1.29, 1.82) is 0 Å². The summed E-state index contributed by atoms with van der Waals surface area (Å²) in [6.07, 6.45) is 34.9. The maximum atomic E-state index is 12.2. The fourth-order valence-corrected chi connectivity index (χ4v) is 4.21. The Morgan fingerprint density at radius 3 is 1.78 bits per heavy atom. The van der Waals surface area contributed by atoms with E-state index >= 15 is 0 Å². The van der Waals surface area contributed by atoms with E-state index < -0.39 is 12.1 Å². The number of aliphatic hydroxyl groups is 2. The second-order valence-corrected chi connectivity index (χ2v) is 10.2. The van der Waals surface area contributed by atoms with Crippen LogP contribution in [0, 0.1) is 0 Å². The van der Waals surface area contributed by atoms with Crippen molar-refractivity contribution >= 4 is 5.91 Å². The monoisotopic (exact) mass is 505 g/mol. The van der Waals surface area contributed by atoms with Gasteiger partial charge in [-0.25, -0.2) is 0 Å². The van der Waals surface area contributed by atoms with Gasteiger partial charge in [-0.05, 0) is 44.9 Å². The van der Waals surface area contributed by atoms with Crippen molar-refractivity contribution in [1.82, 2.24) is 5.32 Å². The molecule has 0 bridgehead atoms. The van der Waals surface area contributed by atoms with E-state index in [1.54, 1.807) is 6.08 Å². The molecule has 0 spiro atoms. The predicted molar refractivity (Wildman–Crippen MR) is 156 cm³/mol. The fourth-order valence-electron chi connectivity index (χ4n) is 4.21. The third-order valence-corrected chi connectivity index (χ3v) is 6.60. The van der Waals surface area contributed by atoms with Gasteiger partial charge < -0.3 is 15.5 Å². The fraction of sp³-hybridized carbons (Fsp3) is 0.781.